The first-order chi connectivity index (χ1) is 8.20. The minimum Gasteiger partial charge on any atom is -0.311 e. The molecule has 0 fully saturated rings. The number of benzene rings is 1. The Kier molecular flexibility index (Phi) is 4.15. The molecule has 0 unspecified atom stereocenters. The predicted octanol–water partition coefficient (Wildman–Crippen LogP) is 2.79. The number of hydrogen-bond donors (Lipinski definition) is 1. The third-order valence-electron chi connectivity index (χ3n) is 2.26. The summed E-state index contributed by atoms with van der Waals surface area (Å²) >= 11 is 9.39. The van der Waals surface area contributed by atoms with Crippen molar-refractivity contribution in [3.63, 3.8) is 0 Å². The van der Waals surface area contributed by atoms with Crippen molar-refractivity contribution in [2.75, 3.05) is 6.54 Å². The molecule has 90 valence electrons. The average molecular weight is 316 g/mol. The second kappa shape index (κ2) is 5.62. The summed E-state index contributed by atoms with van der Waals surface area (Å²) in [6.07, 6.45) is 1.89. The molecule has 0 saturated carbocycles. The number of aromatic nitrogens is 3. The van der Waals surface area contributed by atoms with Crippen LogP contribution in [0, 0.1) is 0 Å². The van der Waals surface area contributed by atoms with Gasteiger partial charge in [0.15, 0.2) is 0 Å². The van der Waals surface area contributed by atoms with Crippen molar-refractivity contribution in [2.24, 2.45) is 0 Å². The van der Waals surface area contributed by atoms with Crippen LogP contribution < -0.4 is 5.32 Å². The van der Waals surface area contributed by atoms with E-state index in [1.54, 1.807) is 4.68 Å². The van der Waals surface area contributed by atoms with Crippen LogP contribution in [0.2, 0.25) is 5.02 Å². The SMILES string of the molecule is CCNCc1cn(-c2ccc(Br)c(Cl)c2)nn1. The summed E-state index contributed by atoms with van der Waals surface area (Å²) < 4.78 is 2.58. The van der Waals surface area contributed by atoms with E-state index in [1.807, 2.05) is 24.4 Å². The van der Waals surface area contributed by atoms with Gasteiger partial charge in [-0.05, 0) is 40.7 Å². The zero-order chi connectivity index (χ0) is 12.3. The highest BCUT2D eigenvalue weighted by Gasteiger charge is 2.04. The Morgan fingerprint density at radius 3 is 3.00 bits per heavy atom. The zero-order valence-corrected chi connectivity index (χ0v) is 11.7. The Hall–Kier alpha value is -0.910. The van der Waals surface area contributed by atoms with E-state index < -0.39 is 0 Å². The first kappa shape index (κ1) is 12.5. The summed E-state index contributed by atoms with van der Waals surface area (Å²) in [6, 6.07) is 5.67. The largest absolute Gasteiger partial charge is 0.311 e. The van der Waals surface area contributed by atoms with Gasteiger partial charge in [0.25, 0.3) is 0 Å². The van der Waals surface area contributed by atoms with Crippen molar-refractivity contribution in [2.45, 2.75) is 13.5 Å². The highest BCUT2D eigenvalue weighted by Crippen LogP contribution is 2.24. The Labute approximate surface area is 113 Å². The molecule has 1 aromatic heterocycles. The number of nitrogens with zero attached hydrogens (tertiary/aromatic N) is 3. The van der Waals surface area contributed by atoms with Gasteiger partial charge in [-0.3, -0.25) is 0 Å². The maximum absolute atomic E-state index is 6.03. The molecular weight excluding hydrogens is 304 g/mol. The van der Waals surface area contributed by atoms with Crippen LogP contribution in [0.3, 0.4) is 0 Å². The number of nitrogens with one attached hydrogen (secondary N) is 1. The van der Waals surface area contributed by atoms with E-state index in [9.17, 15) is 0 Å². The van der Waals surface area contributed by atoms with Gasteiger partial charge in [-0.1, -0.05) is 23.7 Å². The van der Waals surface area contributed by atoms with E-state index in [4.69, 9.17) is 11.6 Å². The molecular formula is C11H12BrClN4. The fourth-order valence-corrected chi connectivity index (χ4v) is 1.81. The minimum atomic E-state index is 0.659. The second-order valence-electron chi connectivity index (χ2n) is 3.53. The van der Waals surface area contributed by atoms with Crippen LogP contribution >= 0.6 is 27.5 Å². The second-order valence-corrected chi connectivity index (χ2v) is 4.79. The molecule has 2 rings (SSSR count). The van der Waals surface area contributed by atoms with Gasteiger partial charge in [-0.2, -0.15) is 0 Å². The van der Waals surface area contributed by atoms with Crippen molar-refractivity contribution in [1.82, 2.24) is 20.3 Å². The van der Waals surface area contributed by atoms with Crippen LogP contribution in [-0.4, -0.2) is 21.5 Å². The molecule has 0 spiro atoms. The normalized spacial score (nSPS) is 10.8. The number of rotatable bonds is 4. The molecule has 6 heteroatoms. The highest BCUT2D eigenvalue weighted by atomic mass is 79.9. The summed E-state index contributed by atoms with van der Waals surface area (Å²) in [5.41, 5.74) is 1.80. The average Bonchev–Trinajstić information content (AvgIpc) is 2.79. The van der Waals surface area contributed by atoms with E-state index in [-0.39, 0.29) is 0 Å². The van der Waals surface area contributed by atoms with Crippen LogP contribution in [-0.2, 0) is 6.54 Å². The van der Waals surface area contributed by atoms with E-state index >= 15 is 0 Å². The first-order valence-corrected chi connectivity index (χ1v) is 6.45. The lowest BCUT2D eigenvalue weighted by molar-refractivity contribution is 0.705. The summed E-state index contributed by atoms with van der Waals surface area (Å²) in [7, 11) is 0. The predicted molar refractivity (Wildman–Crippen MR) is 71.4 cm³/mol. The first-order valence-electron chi connectivity index (χ1n) is 5.28. The lowest BCUT2D eigenvalue weighted by Gasteiger charge is -2.01. The van der Waals surface area contributed by atoms with E-state index in [1.165, 1.54) is 0 Å². The van der Waals surface area contributed by atoms with Gasteiger partial charge in [0, 0.05) is 11.0 Å². The van der Waals surface area contributed by atoms with Crippen LogP contribution in [0.1, 0.15) is 12.6 Å². The number of hydrogen-bond acceptors (Lipinski definition) is 3. The van der Waals surface area contributed by atoms with Crippen molar-refractivity contribution < 1.29 is 0 Å². The maximum Gasteiger partial charge on any atom is 0.0969 e. The van der Waals surface area contributed by atoms with Crippen molar-refractivity contribution in [1.29, 1.82) is 0 Å². The van der Waals surface area contributed by atoms with Gasteiger partial charge in [-0.25, -0.2) is 4.68 Å². The molecule has 1 aromatic carbocycles. The molecule has 1 N–H and O–H groups in total. The van der Waals surface area contributed by atoms with Crippen LogP contribution in [0.25, 0.3) is 5.69 Å². The Balaban J connectivity index is 2.21. The molecule has 0 radical (unpaired) electrons. The van der Waals surface area contributed by atoms with Crippen molar-refractivity contribution >= 4 is 27.5 Å². The van der Waals surface area contributed by atoms with Crippen LogP contribution in [0.5, 0.6) is 0 Å². The Morgan fingerprint density at radius 2 is 2.29 bits per heavy atom. The van der Waals surface area contributed by atoms with E-state index in [0.717, 1.165) is 28.9 Å². The van der Waals surface area contributed by atoms with Gasteiger partial charge in [0.05, 0.1) is 22.6 Å². The van der Waals surface area contributed by atoms with Gasteiger partial charge in [-0.15, -0.1) is 5.10 Å². The summed E-state index contributed by atoms with van der Waals surface area (Å²) in [5.74, 6) is 0. The lowest BCUT2D eigenvalue weighted by atomic mass is 10.3. The summed E-state index contributed by atoms with van der Waals surface area (Å²) in [6.45, 7) is 3.69. The molecule has 0 atom stereocenters. The molecule has 0 bridgehead atoms. The third kappa shape index (κ3) is 3.06. The monoisotopic (exact) mass is 314 g/mol. The van der Waals surface area contributed by atoms with Gasteiger partial charge in [0.2, 0.25) is 0 Å². The van der Waals surface area contributed by atoms with Gasteiger partial charge < -0.3 is 5.32 Å². The van der Waals surface area contributed by atoms with Crippen molar-refractivity contribution in [3.05, 3.63) is 39.6 Å². The molecule has 0 aliphatic carbocycles. The minimum absolute atomic E-state index is 0.659. The standard InChI is InChI=1S/C11H12BrClN4/c1-2-14-6-8-7-17(16-15-8)9-3-4-10(12)11(13)5-9/h3-5,7,14H,2,6H2,1H3. The molecule has 0 saturated heterocycles. The summed E-state index contributed by atoms with van der Waals surface area (Å²) in [5, 5.41) is 12.0. The highest BCUT2D eigenvalue weighted by molar-refractivity contribution is 9.10. The molecule has 4 nitrogen and oxygen atoms in total. The van der Waals surface area contributed by atoms with E-state index in [0.29, 0.717) is 5.02 Å². The topological polar surface area (TPSA) is 42.7 Å². The quantitative estimate of drug-likeness (QED) is 0.943. The smallest absolute Gasteiger partial charge is 0.0969 e. The third-order valence-corrected chi connectivity index (χ3v) is 3.50. The fourth-order valence-electron chi connectivity index (χ4n) is 1.39. The zero-order valence-electron chi connectivity index (χ0n) is 9.32. The molecule has 1 heterocycles. The fraction of sp³-hybridized carbons (Fsp3) is 0.273. The van der Waals surface area contributed by atoms with E-state index in [2.05, 4.69) is 38.5 Å². The summed E-state index contributed by atoms with van der Waals surface area (Å²) in [4.78, 5) is 0. The van der Waals surface area contributed by atoms with Crippen molar-refractivity contribution in [3.8, 4) is 5.69 Å². The Morgan fingerprint density at radius 1 is 1.47 bits per heavy atom. The Bertz CT molecular complexity index is 512. The molecule has 0 amide bonds. The van der Waals surface area contributed by atoms with Crippen LogP contribution in [0.4, 0.5) is 0 Å². The maximum atomic E-state index is 6.03. The lowest BCUT2D eigenvalue weighted by Crippen LogP contribution is -2.11. The molecule has 0 aliphatic rings. The van der Waals surface area contributed by atoms with Crippen LogP contribution in [0.15, 0.2) is 28.9 Å². The molecule has 2 aromatic rings. The molecule has 0 aliphatic heterocycles. The van der Waals surface area contributed by atoms with Gasteiger partial charge >= 0.3 is 0 Å². The number of halogens is 2. The molecule has 17 heavy (non-hydrogen) atoms. The van der Waals surface area contributed by atoms with Gasteiger partial charge in [0.1, 0.15) is 0 Å².